The Labute approximate surface area is 356 Å². The van der Waals surface area contributed by atoms with Gasteiger partial charge in [0.25, 0.3) is 0 Å². The molecule has 13 rings (SSSR count). The molecule has 3 heterocycles. The van der Waals surface area contributed by atoms with E-state index in [-0.39, 0.29) is 0 Å². The second-order valence-corrected chi connectivity index (χ2v) is 16.4. The first-order valence-corrected chi connectivity index (χ1v) is 21.2. The van der Waals surface area contributed by atoms with Gasteiger partial charge in [-0.1, -0.05) is 140 Å². The molecule has 1 aliphatic carbocycles. The summed E-state index contributed by atoms with van der Waals surface area (Å²) in [5, 5.41) is 12.5. The van der Waals surface area contributed by atoms with E-state index in [0.717, 1.165) is 128 Å². The zero-order valence-electron chi connectivity index (χ0n) is 33.6. The highest BCUT2D eigenvalue weighted by Crippen LogP contribution is 2.48. The molecule has 3 heteroatoms. The Hall–Kier alpha value is -8.14. The minimum atomic E-state index is 0.806. The molecule has 0 saturated heterocycles. The molecule has 9 aromatic carbocycles. The van der Waals surface area contributed by atoms with Crippen molar-refractivity contribution < 1.29 is 13.3 Å². The summed E-state index contributed by atoms with van der Waals surface area (Å²) in [6.45, 7) is 4.57. The summed E-state index contributed by atoms with van der Waals surface area (Å²) >= 11 is 0. The van der Waals surface area contributed by atoms with Crippen LogP contribution < -0.4 is 0 Å². The van der Waals surface area contributed by atoms with E-state index in [0.29, 0.717) is 0 Å². The number of para-hydroxylation sites is 1. The van der Waals surface area contributed by atoms with Crippen molar-refractivity contribution in [1.29, 1.82) is 0 Å². The molecule has 0 unspecified atom stereocenters. The number of hydrogen-bond acceptors (Lipinski definition) is 3. The third-order valence-electron chi connectivity index (χ3n) is 12.7. The molecule has 0 amide bonds. The van der Waals surface area contributed by atoms with Crippen LogP contribution in [0.1, 0.15) is 17.7 Å². The van der Waals surface area contributed by atoms with E-state index >= 15 is 0 Å². The quantitative estimate of drug-likeness (QED) is 0.179. The molecule has 3 nitrogen and oxygen atoms in total. The van der Waals surface area contributed by atoms with Gasteiger partial charge < -0.3 is 13.3 Å². The highest BCUT2D eigenvalue weighted by atomic mass is 16.3. The highest BCUT2D eigenvalue weighted by molar-refractivity contribution is 6.29. The summed E-state index contributed by atoms with van der Waals surface area (Å²) in [5.41, 5.74) is 12.5. The van der Waals surface area contributed by atoms with E-state index in [9.17, 15) is 0 Å². The zero-order chi connectivity index (χ0) is 40.9. The predicted molar refractivity (Wildman–Crippen MR) is 261 cm³/mol. The van der Waals surface area contributed by atoms with Crippen molar-refractivity contribution in [2.75, 3.05) is 0 Å². The smallest absolute Gasteiger partial charge is 0.143 e. The fourth-order valence-electron chi connectivity index (χ4n) is 9.90. The van der Waals surface area contributed by atoms with E-state index < -0.39 is 0 Å². The van der Waals surface area contributed by atoms with Crippen LogP contribution in [0.5, 0.6) is 0 Å². The molecule has 3 aromatic heterocycles. The van der Waals surface area contributed by atoms with Gasteiger partial charge in [0.15, 0.2) is 0 Å². The van der Waals surface area contributed by atoms with Crippen LogP contribution in [0.15, 0.2) is 208 Å². The van der Waals surface area contributed by atoms with Crippen LogP contribution in [0.2, 0.25) is 0 Å². The van der Waals surface area contributed by atoms with Crippen LogP contribution in [0.4, 0.5) is 0 Å². The molecule has 0 atom stereocenters. The second kappa shape index (κ2) is 13.4. The third kappa shape index (κ3) is 5.25. The van der Waals surface area contributed by atoms with E-state index in [4.69, 9.17) is 13.3 Å². The van der Waals surface area contributed by atoms with E-state index in [2.05, 4.69) is 189 Å². The van der Waals surface area contributed by atoms with Crippen molar-refractivity contribution in [3.05, 3.63) is 206 Å². The Morgan fingerprint density at radius 1 is 0.387 bits per heavy atom. The summed E-state index contributed by atoms with van der Waals surface area (Å²) < 4.78 is 20.4. The van der Waals surface area contributed by atoms with Gasteiger partial charge in [-0.3, -0.25) is 0 Å². The fourth-order valence-corrected chi connectivity index (χ4v) is 9.90. The first kappa shape index (κ1) is 34.7. The van der Waals surface area contributed by atoms with Crippen molar-refractivity contribution in [1.82, 2.24) is 0 Å². The van der Waals surface area contributed by atoms with Crippen LogP contribution in [0.25, 0.3) is 132 Å². The van der Waals surface area contributed by atoms with Crippen molar-refractivity contribution in [3.63, 3.8) is 0 Å². The SMILES string of the molecule is C=C1/C=C\C=C/C/C=C\c2oc3c(-c4cc(-c5ccc6oc7ccccc7c6c5)cc(-c5cc6ccccc6c6c5oc5ccc7ccccc7c56)c4)cc4ccccc4c3c21. The number of furan rings is 3. The Morgan fingerprint density at radius 3 is 1.77 bits per heavy atom. The largest absolute Gasteiger partial charge is 0.456 e. The van der Waals surface area contributed by atoms with Gasteiger partial charge in [-0.25, -0.2) is 0 Å². The van der Waals surface area contributed by atoms with E-state index in [1.165, 1.54) is 16.2 Å². The van der Waals surface area contributed by atoms with E-state index in [1.54, 1.807) is 0 Å². The summed E-state index contributed by atoms with van der Waals surface area (Å²) in [6.07, 6.45) is 13.4. The summed E-state index contributed by atoms with van der Waals surface area (Å²) in [4.78, 5) is 0. The lowest BCUT2D eigenvalue weighted by Gasteiger charge is -2.14. The number of benzene rings is 9. The minimum absolute atomic E-state index is 0.806. The molecule has 0 bridgehead atoms. The van der Waals surface area contributed by atoms with Crippen molar-refractivity contribution in [2.24, 2.45) is 0 Å². The molecule has 290 valence electrons. The van der Waals surface area contributed by atoms with Crippen LogP contribution in [-0.4, -0.2) is 0 Å². The van der Waals surface area contributed by atoms with Gasteiger partial charge in [0, 0.05) is 43.6 Å². The Morgan fingerprint density at radius 2 is 1.00 bits per heavy atom. The molecular formula is C59H36O3. The van der Waals surface area contributed by atoms with E-state index in [1.807, 2.05) is 12.1 Å². The van der Waals surface area contributed by atoms with Crippen molar-refractivity contribution in [2.45, 2.75) is 6.42 Å². The monoisotopic (exact) mass is 792 g/mol. The van der Waals surface area contributed by atoms with Crippen LogP contribution in [-0.2, 0) is 0 Å². The Balaban J connectivity index is 1.15. The van der Waals surface area contributed by atoms with Crippen LogP contribution in [0.3, 0.4) is 0 Å². The maximum Gasteiger partial charge on any atom is 0.143 e. The van der Waals surface area contributed by atoms with Gasteiger partial charge in [0.2, 0.25) is 0 Å². The molecule has 12 aromatic rings. The number of hydrogen-bond donors (Lipinski definition) is 0. The lowest BCUT2D eigenvalue weighted by atomic mass is 9.88. The average molecular weight is 793 g/mol. The minimum Gasteiger partial charge on any atom is -0.456 e. The van der Waals surface area contributed by atoms with Gasteiger partial charge in [-0.2, -0.15) is 0 Å². The maximum absolute atomic E-state index is 7.05. The molecule has 1 aliphatic rings. The van der Waals surface area contributed by atoms with Crippen molar-refractivity contribution >= 4 is 98.8 Å². The van der Waals surface area contributed by atoms with Gasteiger partial charge >= 0.3 is 0 Å². The fraction of sp³-hybridized carbons (Fsp3) is 0.0169. The topological polar surface area (TPSA) is 39.4 Å². The molecule has 0 saturated carbocycles. The summed E-state index contributed by atoms with van der Waals surface area (Å²) in [6, 6.07) is 56.5. The third-order valence-corrected chi connectivity index (χ3v) is 12.7. The van der Waals surface area contributed by atoms with Gasteiger partial charge in [-0.15, -0.1) is 0 Å². The molecule has 0 radical (unpaired) electrons. The molecular weight excluding hydrogens is 757 g/mol. The molecule has 0 spiro atoms. The lowest BCUT2D eigenvalue weighted by molar-refractivity contribution is 0.604. The molecule has 62 heavy (non-hydrogen) atoms. The molecule has 0 N–H and O–H groups in total. The lowest BCUT2D eigenvalue weighted by Crippen LogP contribution is -1.89. The van der Waals surface area contributed by atoms with Crippen molar-refractivity contribution in [3.8, 4) is 33.4 Å². The molecule has 0 aliphatic heterocycles. The Bertz CT molecular complexity index is 3970. The second-order valence-electron chi connectivity index (χ2n) is 16.4. The summed E-state index contributed by atoms with van der Waals surface area (Å²) in [7, 11) is 0. The summed E-state index contributed by atoms with van der Waals surface area (Å²) in [5.74, 6) is 0.807. The van der Waals surface area contributed by atoms with Gasteiger partial charge in [-0.05, 0) is 127 Å². The number of rotatable bonds is 3. The predicted octanol–water partition coefficient (Wildman–Crippen LogP) is 17.2. The van der Waals surface area contributed by atoms with Crippen LogP contribution >= 0.6 is 0 Å². The maximum atomic E-state index is 7.05. The first-order valence-electron chi connectivity index (χ1n) is 21.2. The molecule has 0 fully saturated rings. The highest BCUT2D eigenvalue weighted by Gasteiger charge is 2.24. The van der Waals surface area contributed by atoms with Gasteiger partial charge in [0.05, 0.1) is 0 Å². The zero-order valence-corrected chi connectivity index (χ0v) is 33.6. The normalized spacial score (nSPS) is 14.8. The first-order chi connectivity index (χ1) is 30.6. The standard InChI is InChI=1S/C59H36O3/c1-35-15-5-3-2-4-6-24-52-54(35)56-44-20-11-8-17-38(44)33-47(58(56)61-52)41-29-40(37-26-27-51-49(32-37)46-22-13-14-23-50(46)60-51)30-42(31-41)48-34-39-18-9-12-21-45(39)57-55-43-19-10-7-16-36(43)25-28-53(55)62-59(48)57/h2-3,5-34H,1,4H2/b3-2-,15-5-,24-6-. The van der Waals surface area contributed by atoms with Crippen LogP contribution in [0, 0.1) is 0 Å². The number of fused-ring (bicyclic) bond motifs is 15. The Kier molecular flexibility index (Phi) is 7.52. The average Bonchev–Trinajstić information content (AvgIpc) is 4.03. The number of allylic oxidation sites excluding steroid dienone is 6. The van der Waals surface area contributed by atoms with Gasteiger partial charge in [0.1, 0.15) is 33.7 Å².